The van der Waals surface area contributed by atoms with Crippen molar-refractivity contribution >= 4 is 12.0 Å². The van der Waals surface area contributed by atoms with Gasteiger partial charge in [0.15, 0.2) is 0 Å². The number of urea groups is 1. The number of rotatable bonds is 16. The molecule has 7 heteroatoms. The van der Waals surface area contributed by atoms with E-state index in [0.717, 1.165) is 32.1 Å². The van der Waals surface area contributed by atoms with Gasteiger partial charge < -0.3 is 15.7 Å². The van der Waals surface area contributed by atoms with E-state index in [1.54, 1.807) is 0 Å². The van der Waals surface area contributed by atoms with Gasteiger partial charge in [-0.25, -0.2) is 13.6 Å². The third-order valence-electron chi connectivity index (χ3n) is 5.66. The lowest BCUT2D eigenvalue weighted by molar-refractivity contribution is -0.137. The number of amides is 2. The number of alkyl halides is 2. The van der Waals surface area contributed by atoms with Gasteiger partial charge >= 0.3 is 12.0 Å². The monoisotopic (exact) mass is 418 g/mol. The van der Waals surface area contributed by atoms with Gasteiger partial charge in [0.2, 0.25) is 5.92 Å². The number of carbonyl (C=O) groups is 2. The minimum Gasteiger partial charge on any atom is -0.481 e. The van der Waals surface area contributed by atoms with Crippen molar-refractivity contribution in [2.24, 2.45) is 0 Å². The highest BCUT2D eigenvalue weighted by Gasteiger charge is 2.35. The molecule has 0 radical (unpaired) electrons. The maximum atomic E-state index is 13.1. The molecule has 1 aliphatic carbocycles. The number of unbranched alkanes of at least 4 members (excludes halogenated alkanes) is 11. The van der Waals surface area contributed by atoms with Crippen LogP contribution in [0, 0.1) is 0 Å². The smallest absolute Gasteiger partial charge is 0.315 e. The van der Waals surface area contributed by atoms with Crippen LogP contribution in [0.4, 0.5) is 13.6 Å². The third-order valence-corrected chi connectivity index (χ3v) is 5.66. The highest BCUT2D eigenvalue weighted by atomic mass is 19.3. The van der Waals surface area contributed by atoms with Crippen LogP contribution < -0.4 is 10.6 Å². The molecule has 1 fully saturated rings. The van der Waals surface area contributed by atoms with Crippen molar-refractivity contribution in [1.82, 2.24) is 10.6 Å². The Hall–Kier alpha value is -1.40. The van der Waals surface area contributed by atoms with Crippen LogP contribution in [-0.4, -0.2) is 35.6 Å². The molecule has 0 aliphatic heterocycles. The van der Waals surface area contributed by atoms with Crippen LogP contribution in [-0.2, 0) is 4.79 Å². The van der Waals surface area contributed by atoms with E-state index in [9.17, 15) is 18.4 Å². The number of carboxylic acid groups (broad SMARTS) is 1. The summed E-state index contributed by atoms with van der Waals surface area (Å²) in [6.45, 7) is 0.636. The van der Waals surface area contributed by atoms with Crippen molar-refractivity contribution in [2.75, 3.05) is 6.54 Å². The molecule has 0 atom stereocenters. The summed E-state index contributed by atoms with van der Waals surface area (Å²) in [5, 5.41) is 14.2. The van der Waals surface area contributed by atoms with E-state index >= 15 is 0 Å². The average Bonchev–Trinajstić information content (AvgIpc) is 2.66. The zero-order valence-corrected chi connectivity index (χ0v) is 17.8. The van der Waals surface area contributed by atoms with Crippen molar-refractivity contribution in [1.29, 1.82) is 0 Å². The molecule has 29 heavy (non-hydrogen) atoms. The number of aliphatic carboxylic acids is 1. The first kappa shape index (κ1) is 25.6. The van der Waals surface area contributed by atoms with Crippen LogP contribution in [0.3, 0.4) is 0 Å². The average molecular weight is 419 g/mol. The van der Waals surface area contributed by atoms with E-state index in [1.165, 1.54) is 44.9 Å². The minimum absolute atomic E-state index is 0.126. The van der Waals surface area contributed by atoms with Crippen molar-refractivity contribution < 1.29 is 23.5 Å². The molecule has 2 amide bonds. The normalized spacial score (nSPS) is 16.5. The van der Waals surface area contributed by atoms with E-state index < -0.39 is 11.9 Å². The van der Waals surface area contributed by atoms with E-state index in [2.05, 4.69) is 10.6 Å². The predicted molar refractivity (Wildman–Crippen MR) is 111 cm³/mol. The summed E-state index contributed by atoms with van der Waals surface area (Å²) < 4.78 is 26.2. The number of nitrogens with one attached hydrogen (secondary N) is 2. The second kappa shape index (κ2) is 15.4. The van der Waals surface area contributed by atoms with Gasteiger partial charge in [0.1, 0.15) is 0 Å². The van der Waals surface area contributed by atoms with Crippen molar-refractivity contribution in [2.45, 2.75) is 121 Å². The summed E-state index contributed by atoms with van der Waals surface area (Å²) in [5.74, 6) is -3.25. The number of hydrogen-bond donors (Lipinski definition) is 3. The van der Waals surface area contributed by atoms with Gasteiger partial charge in [-0.15, -0.1) is 0 Å². The molecular formula is C22H40F2N2O3. The Morgan fingerprint density at radius 3 is 1.72 bits per heavy atom. The topological polar surface area (TPSA) is 78.4 Å². The highest BCUT2D eigenvalue weighted by Crippen LogP contribution is 2.32. The number of halogens is 2. The molecule has 170 valence electrons. The van der Waals surface area contributed by atoms with Gasteiger partial charge in [0.25, 0.3) is 0 Å². The molecule has 1 rings (SSSR count). The van der Waals surface area contributed by atoms with Crippen molar-refractivity contribution in [3.8, 4) is 0 Å². The zero-order chi connectivity index (χ0) is 21.4. The molecule has 0 heterocycles. The van der Waals surface area contributed by atoms with Crippen LogP contribution in [0.15, 0.2) is 0 Å². The Balaban J connectivity index is 1.79. The van der Waals surface area contributed by atoms with E-state index in [4.69, 9.17) is 5.11 Å². The Morgan fingerprint density at radius 1 is 0.793 bits per heavy atom. The molecule has 0 aromatic rings. The van der Waals surface area contributed by atoms with E-state index in [1.807, 2.05) is 0 Å². The fourth-order valence-corrected chi connectivity index (χ4v) is 3.79. The van der Waals surface area contributed by atoms with E-state index in [0.29, 0.717) is 25.8 Å². The minimum atomic E-state index is -2.56. The highest BCUT2D eigenvalue weighted by molar-refractivity contribution is 5.74. The first-order valence-electron chi connectivity index (χ1n) is 11.5. The lowest BCUT2D eigenvalue weighted by Crippen LogP contribution is -2.45. The van der Waals surface area contributed by atoms with Gasteiger partial charge in [-0.05, 0) is 25.7 Å². The standard InChI is InChI=1S/C22H40F2N2O3/c23-22(24)16-14-19(15-17-22)26-21(29)25-18-12-10-8-6-4-2-1-3-5-7-9-11-13-20(27)28/h19H,1-18H2,(H,27,28)(H2,25,26,29). The fourth-order valence-electron chi connectivity index (χ4n) is 3.79. The Labute approximate surface area is 174 Å². The SMILES string of the molecule is O=C(O)CCCCCCCCCCCCCCNC(=O)NC1CCC(F)(F)CC1. The molecule has 0 saturated heterocycles. The summed E-state index contributed by atoms with van der Waals surface area (Å²) in [4.78, 5) is 22.2. The largest absolute Gasteiger partial charge is 0.481 e. The zero-order valence-electron chi connectivity index (χ0n) is 17.8. The molecule has 3 N–H and O–H groups in total. The molecule has 1 aliphatic rings. The summed E-state index contributed by atoms with van der Waals surface area (Å²) in [6, 6.07) is -0.359. The Morgan fingerprint density at radius 2 is 1.24 bits per heavy atom. The first-order chi connectivity index (χ1) is 13.9. The molecule has 0 unspecified atom stereocenters. The maximum Gasteiger partial charge on any atom is 0.315 e. The summed E-state index contributed by atoms with van der Waals surface area (Å²) in [5.41, 5.74) is 0. The van der Waals surface area contributed by atoms with Crippen molar-refractivity contribution in [3.05, 3.63) is 0 Å². The predicted octanol–water partition coefficient (Wildman–Crippen LogP) is 6.02. The molecule has 0 bridgehead atoms. The Kier molecular flexibility index (Phi) is 13.7. The quantitative estimate of drug-likeness (QED) is 0.268. The van der Waals surface area contributed by atoms with Gasteiger partial charge in [0.05, 0.1) is 0 Å². The molecule has 0 aromatic heterocycles. The second-order valence-corrected chi connectivity index (χ2v) is 8.42. The third kappa shape index (κ3) is 15.1. The lowest BCUT2D eigenvalue weighted by atomic mass is 9.92. The van der Waals surface area contributed by atoms with Gasteiger partial charge in [-0.3, -0.25) is 4.79 Å². The summed E-state index contributed by atoms with van der Waals surface area (Å²) in [7, 11) is 0. The summed E-state index contributed by atoms with van der Waals surface area (Å²) >= 11 is 0. The number of carbonyl (C=O) groups excluding carboxylic acids is 1. The van der Waals surface area contributed by atoms with Crippen LogP contribution >= 0.6 is 0 Å². The second-order valence-electron chi connectivity index (χ2n) is 8.42. The van der Waals surface area contributed by atoms with Gasteiger partial charge in [-0.1, -0.05) is 64.2 Å². The van der Waals surface area contributed by atoms with Crippen LogP contribution in [0.5, 0.6) is 0 Å². The van der Waals surface area contributed by atoms with Crippen molar-refractivity contribution in [3.63, 3.8) is 0 Å². The number of hydrogen-bond acceptors (Lipinski definition) is 2. The van der Waals surface area contributed by atoms with Gasteiger partial charge in [0, 0.05) is 31.8 Å². The summed E-state index contributed by atoms with van der Waals surface area (Å²) in [6.07, 6.45) is 14.4. The first-order valence-corrected chi connectivity index (χ1v) is 11.5. The molecule has 1 saturated carbocycles. The lowest BCUT2D eigenvalue weighted by Gasteiger charge is -2.28. The van der Waals surface area contributed by atoms with Crippen LogP contribution in [0.2, 0.25) is 0 Å². The molecule has 0 spiro atoms. The van der Waals surface area contributed by atoms with Crippen LogP contribution in [0.1, 0.15) is 109 Å². The van der Waals surface area contributed by atoms with E-state index in [-0.39, 0.29) is 24.9 Å². The molecular weight excluding hydrogens is 378 g/mol. The number of carboxylic acids is 1. The van der Waals surface area contributed by atoms with Crippen LogP contribution in [0.25, 0.3) is 0 Å². The maximum absolute atomic E-state index is 13.1. The fraction of sp³-hybridized carbons (Fsp3) is 0.909. The molecule has 0 aromatic carbocycles. The molecule has 5 nitrogen and oxygen atoms in total. The van der Waals surface area contributed by atoms with Gasteiger partial charge in [-0.2, -0.15) is 0 Å². The Bertz CT molecular complexity index is 451.